The van der Waals surface area contributed by atoms with Gasteiger partial charge >= 0.3 is 0 Å². The van der Waals surface area contributed by atoms with Crippen molar-refractivity contribution in [2.45, 2.75) is 0 Å². The van der Waals surface area contributed by atoms with E-state index in [-0.39, 0.29) is 0 Å². The third kappa shape index (κ3) is 8.54. The number of benzene rings is 7. The molecule has 0 radical (unpaired) electrons. The molecule has 11 aromatic rings. The van der Waals surface area contributed by atoms with Crippen molar-refractivity contribution in [3.05, 3.63) is 243 Å². The van der Waals surface area contributed by atoms with Gasteiger partial charge in [-0.3, -0.25) is 9.97 Å². The lowest BCUT2D eigenvalue weighted by molar-refractivity contribution is 1.07. The molecule has 6 nitrogen and oxygen atoms in total. The van der Waals surface area contributed by atoms with Crippen LogP contribution in [0, 0.1) is 0 Å². The molecule has 0 saturated carbocycles. The smallest absolute Gasteiger partial charge is 0.164 e. The molecule has 11 rings (SSSR count). The number of hydrogen-bond acceptors (Lipinski definition) is 6. The highest BCUT2D eigenvalue weighted by Gasteiger charge is 2.15. The van der Waals surface area contributed by atoms with Gasteiger partial charge in [0.15, 0.2) is 17.5 Å². The van der Waals surface area contributed by atoms with Crippen molar-refractivity contribution in [2.75, 3.05) is 0 Å². The zero-order valence-corrected chi connectivity index (χ0v) is 35.8. The standard InChI is InChI=1S/C60H40N6/c1-5-15-41(16-6-1)50-35-51(42-17-7-2-8-18-42)37-52(36-50)53-38-56(54-23-13-14-34-61-54)63-57(39-53)55-33-32-49(40-62-55)45-26-24-43(25-27-45)44-28-30-48(31-29-44)60-65-58(46-19-9-3-10-20-46)64-59(66-60)47-21-11-4-12-22-47/h1-40H. The molecule has 0 spiro atoms. The van der Waals surface area contributed by atoms with Crippen LogP contribution >= 0.6 is 0 Å². The zero-order valence-electron chi connectivity index (χ0n) is 35.8. The van der Waals surface area contributed by atoms with Gasteiger partial charge in [-0.15, -0.1) is 0 Å². The molecule has 6 heteroatoms. The van der Waals surface area contributed by atoms with E-state index in [1.165, 1.54) is 0 Å². The summed E-state index contributed by atoms with van der Waals surface area (Å²) in [5, 5.41) is 0. The fraction of sp³-hybridized carbons (Fsp3) is 0. The molecule has 7 aromatic carbocycles. The van der Waals surface area contributed by atoms with Crippen LogP contribution in [0.2, 0.25) is 0 Å². The molecular weight excluding hydrogens is 805 g/mol. The van der Waals surface area contributed by atoms with Crippen LogP contribution in [0.1, 0.15) is 0 Å². The van der Waals surface area contributed by atoms with Crippen molar-refractivity contribution in [1.82, 2.24) is 29.9 Å². The molecule has 0 N–H and O–H groups in total. The largest absolute Gasteiger partial charge is 0.255 e. The first-order chi connectivity index (χ1) is 32.7. The van der Waals surface area contributed by atoms with E-state index in [2.05, 4.69) is 157 Å². The van der Waals surface area contributed by atoms with E-state index >= 15 is 0 Å². The molecular formula is C60H40N6. The summed E-state index contributed by atoms with van der Waals surface area (Å²) >= 11 is 0. The Morgan fingerprint density at radius 2 is 0.530 bits per heavy atom. The molecule has 0 aliphatic heterocycles. The van der Waals surface area contributed by atoms with Crippen LogP contribution in [0.4, 0.5) is 0 Å². The molecule has 66 heavy (non-hydrogen) atoms. The monoisotopic (exact) mass is 844 g/mol. The summed E-state index contributed by atoms with van der Waals surface area (Å²) in [6.45, 7) is 0. The summed E-state index contributed by atoms with van der Waals surface area (Å²) in [6, 6.07) is 79.3. The van der Waals surface area contributed by atoms with Crippen molar-refractivity contribution in [1.29, 1.82) is 0 Å². The maximum atomic E-state index is 5.13. The summed E-state index contributed by atoms with van der Waals surface area (Å²) in [6.07, 6.45) is 3.74. The van der Waals surface area contributed by atoms with Crippen LogP contribution in [0.5, 0.6) is 0 Å². The minimum Gasteiger partial charge on any atom is -0.255 e. The second-order valence-electron chi connectivity index (χ2n) is 16.0. The molecule has 0 fully saturated rings. The van der Waals surface area contributed by atoms with Crippen molar-refractivity contribution in [3.8, 4) is 113 Å². The highest BCUT2D eigenvalue weighted by Crippen LogP contribution is 2.36. The van der Waals surface area contributed by atoms with Crippen molar-refractivity contribution in [3.63, 3.8) is 0 Å². The number of aromatic nitrogens is 6. The van der Waals surface area contributed by atoms with E-state index in [9.17, 15) is 0 Å². The predicted octanol–water partition coefficient (Wildman–Crippen LogP) is 14.7. The second kappa shape index (κ2) is 18.0. The van der Waals surface area contributed by atoms with Gasteiger partial charge in [-0.05, 0) is 98.6 Å². The molecule has 0 aliphatic rings. The fourth-order valence-corrected chi connectivity index (χ4v) is 8.18. The minimum atomic E-state index is 0.630. The molecule has 0 aliphatic carbocycles. The number of hydrogen-bond donors (Lipinski definition) is 0. The average molecular weight is 845 g/mol. The molecule has 310 valence electrons. The Morgan fingerprint density at radius 1 is 0.197 bits per heavy atom. The normalized spacial score (nSPS) is 11.0. The Kier molecular flexibility index (Phi) is 10.9. The van der Waals surface area contributed by atoms with Crippen molar-refractivity contribution >= 4 is 0 Å². The van der Waals surface area contributed by atoms with Crippen LogP contribution in [-0.4, -0.2) is 29.9 Å². The average Bonchev–Trinajstić information content (AvgIpc) is 3.42. The Labute approximate surface area is 383 Å². The highest BCUT2D eigenvalue weighted by molar-refractivity contribution is 5.84. The summed E-state index contributed by atoms with van der Waals surface area (Å²) in [5.41, 5.74) is 17.0. The Bertz CT molecular complexity index is 3290. The Balaban J connectivity index is 0.883. The Morgan fingerprint density at radius 3 is 0.955 bits per heavy atom. The van der Waals surface area contributed by atoms with Crippen LogP contribution in [0.25, 0.3) is 113 Å². The maximum Gasteiger partial charge on any atom is 0.164 e. The lowest BCUT2D eigenvalue weighted by atomic mass is 9.93. The van der Waals surface area contributed by atoms with Gasteiger partial charge in [0, 0.05) is 34.6 Å². The highest BCUT2D eigenvalue weighted by atomic mass is 15.0. The number of pyridine rings is 3. The first kappa shape index (κ1) is 39.8. The van der Waals surface area contributed by atoms with Crippen molar-refractivity contribution < 1.29 is 0 Å². The van der Waals surface area contributed by atoms with Gasteiger partial charge < -0.3 is 0 Å². The number of rotatable bonds is 10. The van der Waals surface area contributed by atoms with Gasteiger partial charge in [0.1, 0.15) is 0 Å². The summed E-state index contributed by atoms with van der Waals surface area (Å²) in [7, 11) is 0. The molecule has 4 heterocycles. The van der Waals surface area contributed by atoms with E-state index in [4.69, 9.17) is 24.9 Å². The lowest BCUT2D eigenvalue weighted by Crippen LogP contribution is -2.00. The van der Waals surface area contributed by atoms with Gasteiger partial charge in [0.25, 0.3) is 0 Å². The van der Waals surface area contributed by atoms with Gasteiger partial charge in [-0.1, -0.05) is 182 Å². The minimum absolute atomic E-state index is 0.630. The van der Waals surface area contributed by atoms with E-state index in [1.807, 2.05) is 85.1 Å². The molecule has 0 unspecified atom stereocenters. The van der Waals surface area contributed by atoms with Crippen molar-refractivity contribution in [2.24, 2.45) is 0 Å². The third-order valence-electron chi connectivity index (χ3n) is 11.7. The number of nitrogens with zero attached hydrogens (tertiary/aromatic N) is 6. The summed E-state index contributed by atoms with van der Waals surface area (Å²) < 4.78 is 0. The van der Waals surface area contributed by atoms with Gasteiger partial charge in [-0.2, -0.15) is 0 Å². The molecule has 0 bridgehead atoms. The SMILES string of the molecule is c1ccc(-c2cc(-c3ccccc3)cc(-c3cc(-c4ccccn4)nc(-c4ccc(-c5ccc(-c6ccc(-c7nc(-c8ccccc8)nc(-c8ccccc8)n7)cc6)cc5)cn4)c3)c2)cc1. The molecule has 0 amide bonds. The summed E-state index contributed by atoms with van der Waals surface area (Å²) in [4.78, 5) is 29.5. The van der Waals surface area contributed by atoms with E-state index in [0.29, 0.717) is 17.5 Å². The van der Waals surface area contributed by atoms with Crippen LogP contribution in [-0.2, 0) is 0 Å². The first-order valence-electron chi connectivity index (χ1n) is 21.9. The summed E-state index contributed by atoms with van der Waals surface area (Å²) in [5.74, 6) is 1.91. The molecule has 0 saturated heterocycles. The second-order valence-corrected chi connectivity index (χ2v) is 16.0. The molecule has 4 aromatic heterocycles. The van der Waals surface area contributed by atoms with E-state index < -0.39 is 0 Å². The van der Waals surface area contributed by atoms with E-state index in [0.717, 1.165) is 95.1 Å². The van der Waals surface area contributed by atoms with Crippen LogP contribution < -0.4 is 0 Å². The van der Waals surface area contributed by atoms with Gasteiger partial charge in [0.05, 0.1) is 22.8 Å². The topological polar surface area (TPSA) is 77.3 Å². The fourth-order valence-electron chi connectivity index (χ4n) is 8.18. The zero-order chi connectivity index (χ0) is 44.1. The van der Waals surface area contributed by atoms with Gasteiger partial charge in [0.2, 0.25) is 0 Å². The lowest BCUT2D eigenvalue weighted by Gasteiger charge is -2.14. The third-order valence-corrected chi connectivity index (χ3v) is 11.7. The Hall–Kier alpha value is -9.00. The molecule has 0 atom stereocenters. The van der Waals surface area contributed by atoms with Gasteiger partial charge in [-0.25, -0.2) is 19.9 Å². The quantitative estimate of drug-likeness (QED) is 0.136. The van der Waals surface area contributed by atoms with Crippen LogP contribution in [0.3, 0.4) is 0 Å². The first-order valence-corrected chi connectivity index (χ1v) is 21.9. The maximum absolute atomic E-state index is 5.13. The van der Waals surface area contributed by atoms with E-state index in [1.54, 1.807) is 6.20 Å². The predicted molar refractivity (Wildman–Crippen MR) is 268 cm³/mol. The van der Waals surface area contributed by atoms with Crippen LogP contribution in [0.15, 0.2) is 243 Å².